The number of hydrogen-bond donors (Lipinski definition) is 0. The van der Waals surface area contributed by atoms with Gasteiger partial charge in [0.15, 0.2) is 0 Å². The Morgan fingerprint density at radius 1 is 1.46 bits per heavy atom. The van der Waals surface area contributed by atoms with E-state index in [4.69, 9.17) is 4.74 Å². The summed E-state index contributed by atoms with van der Waals surface area (Å²) in [5.41, 5.74) is 2.52. The second-order valence-corrected chi connectivity index (χ2v) is 3.72. The van der Waals surface area contributed by atoms with E-state index in [9.17, 15) is 0 Å². The van der Waals surface area contributed by atoms with Crippen molar-refractivity contribution in [3.05, 3.63) is 23.4 Å². The molecular weight excluding hydrogens is 162 g/mol. The molecule has 0 radical (unpaired) electrons. The lowest BCUT2D eigenvalue weighted by Gasteiger charge is -2.25. The van der Waals surface area contributed by atoms with Crippen LogP contribution in [0.2, 0.25) is 0 Å². The van der Waals surface area contributed by atoms with Gasteiger partial charge in [-0.05, 0) is 37.3 Å². The number of ether oxygens (including phenoxy) is 1. The van der Waals surface area contributed by atoms with E-state index in [1.165, 1.54) is 24.8 Å². The van der Waals surface area contributed by atoms with Gasteiger partial charge in [0.2, 0.25) is 5.88 Å². The molecule has 0 amide bonds. The Balaban J connectivity index is 2.24. The summed E-state index contributed by atoms with van der Waals surface area (Å²) in [6, 6.07) is 2.20. The Kier molecular flexibility index (Phi) is 2.21. The maximum atomic E-state index is 5.12. The molecular formula is C11H15NO. The molecule has 2 heteroatoms. The molecule has 1 fully saturated rings. The fourth-order valence-corrected chi connectivity index (χ4v) is 1.76. The lowest BCUT2D eigenvalue weighted by Crippen LogP contribution is -2.09. The fourth-order valence-electron chi connectivity index (χ4n) is 1.76. The molecule has 1 aliphatic rings. The first-order valence-electron chi connectivity index (χ1n) is 4.82. The zero-order valence-electron chi connectivity index (χ0n) is 8.21. The van der Waals surface area contributed by atoms with Crippen LogP contribution in [0.5, 0.6) is 5.88 Å². The van der Waals surface area contributed by atoms with Gasteiger partial charge in [0.1, 0.15) is 0 Å². The standard InChI is InChI=1S/C11H15NO/c1-8-6-10(9-4-3-5-9)7-12-11(8)13-2/h6-7,9H,3-5H2,1-2H3. The van der Waals surface area contributed by atoms with Crippen LogP contribution in [-0.4, -0.2) is 12.1 Å². The first-order chi connectivity index (χ1) is 6.31. The lowest BCUT2D eigenvalue weighted by atomic mass is 9.80. The molecule has 0 atom stereocenters. The molecule has 2 rings (SSSR count). The Hall–Kier alpha value is -1.05. The van der Waals surface area contributed by atoms with Gasteiger partial charge in [0.05, 0.1) is 7.11 Å². The number of rotatable bonds is 2. The minimum absolute atomic E-state index is 0.753. The van der Waals surface area contributed by atoms with Crippen LogP contribution < -0.4 is 4.74 Å². The van der Waals surface area contributed by atoms with Crippen LogP contribution >= 0.6 is 0 Å². The van der Waals surface area contributed by atoms with Crippen LogP contribution in [0.25, 0.3) is 0 Å². The minimum atomic E-state index is 0.753. The molecule has 13 heavy (non-hydrogen) atoms. The van der Waals surface area contributed by atoms with E-state index < -0.39 is 0 Å². The first kappa shape index (κ1) is 8.54. The summed E-state index contributed by atoms with van der Waals surface area (Å²) >= 11 is 0. The van der Waals surface area contributed by atoms with Crippen LogP contribution in [0, 0.1) is 6.92 Å². The van der Waals surface area contributed by atoms with Crippen molar-refractivity contribution >= 4 is 0 Å². The van der Waals surface area contributed by atoms with Gasteiger partial charge in [-0.3, -0.25) is 0 Å². The van der Waals surface area contributed by atoms with E-state index >= 15 is 0 Å². The number of nitrogens with zero attached hydrogens (tertiary/aromatic N) is 1. The van der Waals surface area contributed by atoms with E-state index in [2.05, 4.69) is 11.1 Å². The van der Waals surface area contributed by atoms with Gasteiger partial charge in [-0.2, -0.15) is 0 Å². The van der Waals surface area contributed by atoms with Crippen LogP contribution in [-0.2, 0) is 0 Å². The zero-order valence-corrected chi connectivity index (χ0v) is 8.21. The van der Waals surface area contributed by atoms with Gasteiger partial charge in [-0.1, -0.05) is 6.42 Å². The Bertz CT molecular complexity index is 305. The fraction of sp³-hybridized carbons (Fsp3) is 0.545. The van der Waals surface area contributed by atoms with Crippen molar-refractivity contribution in [2.24, 2.45) is 0 Å². The number of methoxy groups -OCH3 is 1. The molecule has 0 aliphatic heterocycles. The molecule has 0 N–H and O–H groups in total. The highest BCUT2D eigenvalue weighted by atomic mass is 16.5. The third kappa shape index (κ3) is 1.53. The maximum Gasteiger partial charge on any atom is 0.215 e. The SMILES string of the molecule is COc1ncc(C2CCC2)cc1C. The molecule has 1 aromatic rings. The smallest absolute Gasteiger partial charge is 0.215 e. The van der Waals surface area contributed by atoms with E-state index in [1.807, 2.05) is 13.1 Å². The van der Waals surface area contributed by atoms with E-state index in [0.717, 1.165) is 17.4 Å². The highest BCUT2D eigenvalue weighted by Gasteiger charge is 2.20. The zero-order chi connectivity index (χ0) is 9.26. The molecule has 0 bridgehead atoms. The predicted molar refractivity (Wildman–Crippen MR) is 52.1 cm³/mol. The molecule has 0 unspecified atom stereocenters. The van der Waals surface area contributed by atoms with Crippen molar-refractivity contribution in [1.82, 2.24) is 4.98 Å². The Morgan fingerprint density at radius 3 is 2.69 bits per heavy atom. The topological polar surface area (TPSA) is 22.1 Å². The largest absolute Gasteiger partial charge is 0.481 e. The van der Waals surface area contributed by atoms with Crippen molar-refractivity contribution in [2.45, 2.75) is 32.1 Å². The summed E-state index contributed by atoms with van der Waals surface area (Å²) < 4.78 is 5.12. The van der Waals surface area contributed by atoms with Crippen molar-refractivity contribution < 1.29 is 4.74 Å². The Morgan fingerprint density at radius 2 is 2.23 bits per heavy atom. The third-order valence-corrected chi connectivity index (χ3v) is 2.82. The van der Waals surface area contributed by atoms with Crippen molar-refractivity contribution in [1.29, 1.82) is 0 Å². The normalized spacial score (nSPS) is 16.8. The number of hydrogen-bond acceptors (Lipinski definition) is 2. The van der Waals surface area contributed by atoms with Gasteiger partial charge in [-0.25, -0.2) is 4.98 Å². The van der Waals surface area contributed by atoms with Crippen LogP contribution in [0.4, 0.5) is 0 Å². The molecule has 70 valence electrons. The number of aromatic nitrogens is 1. The number of aryl methyl sites for hydroxylation is 1. The van der Waals surface area contributed by atoms with Gasteiger partial charge >= 0.3 is 0 Å². The van der Waals surface area contributed by atoms with Crippen molar-refractivity contribution in [3.8, 4) is 5.88 Å². The second-order valence-electron chi connectivity index (χ2n) is 3.72. The summed E-state index contributed by atoms with van der Waals surface area (Å²) in [6.45, 7) is 2.05. The molecule has 1 saturated carbocycles. The summed E-state index contributed by atoms with van der Waals surface area (Å²) in [5, 5.41) is 0. The molecule has 2 nitrogen and oxygen atoms in total. The van der Waals surface area contributed by atoms with Crippen LogP contribution in [0.1, 0.15) is 36.3 Å². The molecule has 1 aliphatic carbocycles. The summed E-state index contributed by atoms with van der Waals surface area (Å²) in [4.78, 5) is 4.28. The van der Waals surface area contributed by atoms with Crippen molar-refractivity contribution in [2.75, 3.05) is 7.11 Å². The first-order valence-corrected chi connectivity index (χ1v) is 4.82. The second kappa shape index (κ2) is 3.36. The molecule has 0 spiro atoms. The van der Waals surface area contributed by atoms with Crippen LogP contribution in [0.3, 0.4) is 0 Å². The maximum absolute atomic E-state index is 5.12. The molecule has 0 aromatic carbocycles. The summed E-state index contributed by atoms with van der Waals surface area (Å²) in [6.07, 6.45) is 5.98. The Labute approximate surface area is 78.9 Å². The highest BCUT2D eigenvalue weighted by molar-refractivity contribution is 5.31. The molecule has 1 aromatic heterocycles. The lowest BCUT2D eigenvalue weighted by molar-refractivity contribution is 0.389. The van der Waals surface area contributed by atoms with Gasteiger partial charge in [0, 0.05) is 11.8 Å². The van der Waals surface area contributed by atoms with E-state index in [-0.39, 0.29) is 0 Å². The van der Waals surface area contributed by atoms with Gasteiger partial charge < -0.3 is 4.74 Å². The third-order valence-electron chi connectivity index (χ3n) is 2.82. The van der Waals surface area contributed by atoms with E-state index in [0.29, 0.717) is 0 Å². The average Bonchev–Trinajstić information content (AvgIpc) is 2.01. The highest BCUT2D eigenvalue weighted by Crippen LogP contribution is 2.36. The quantitative estimate of drug-likeness (QED) is 0.692. The van der Waals surface area contributed by atoms with E-state index in [1.54, 1.807) is 7.11 Å². The van der Waals surface area contributed by atoms with Gasteiger partial charge in [-0.15, -0.1) is 0 Å². The molecule has 0 saturated heterocycles. The van der Waals surface area contributed by atoms with Gasteiger partial charge in [0.25, 0.3) is 0 Å². The molecule has 1 heterocycles. The summed E-state index contributed by atoms with van der Waals surface area (Å²) in [7, 11) is 1.67. The van der Waals surface area contributed by atoms with Crippen molar-refractivity contribution in [3.63, 3.8) is 0 Å². The monoisotopic (exact) mass is 177 g/mol. The number of pyridine rings is 1. The predicted octanol–water partition coefficient (Wildman–Crippen LogP) is 2.67. The van der Waals surface area contributed by atoms with Crippen LogP contribution in [0.15, 0.2) is 12.3 Å². The minimum Gasteiger partial charge on any atom is -0.481 e. The summed E-state index contributed by atoms with van der Waals surface area (Å²) in [5.74, 6) is 1.51. The average molecular weight is 177 g/mol.